The lowest BCUT2D eigenvalue weighted by Gasteiger charge is -2.46. The van der Waals surface area contributed by atoms with Crippen molar-refractivity contribution in [3.05, 3.63) is 70.3 Å². The van der Waals surface area contributed by atoms with E-state index in [1.165, 1.54) is 11.1 Å². The Morgan fingerprint density at radius 2 is 1.98 bits per heavy atom. The van der Waals surface area contributed by atoms with Crippen molar-refractivity contribution in [1.82, 2.24) is 4.72 Å². The van der Waals surface area contributed by atoms with Crippen LogP contribution in [-0.4, -0.2) is 52.5 Å². The molecule has 1 spiro atoms. The molecule has 0 radical (unpaired) electrons. The molecular weight excluding hydrogens is 572 g/mol. The van der Waals surface area contributed by atoms with Crippen LogP contribution in [0.2, 0.25) is 5.02 Å². The van der Waals surface area contributed by atoms with Crippen LogP contribution in [0, 0.1) is 17.8 Å². The standard InChI is InChI=1S/C33H41ClN2O5S/c1-21-6-4-8-30(40-3)27-12-9-25(27)18-36-19-33(15-5-7-23-16-26(34)11-13-28(23)33)20-41-31-14-10-24(17-29(31)36)32(37)35-42(38,39)22(21)2/h4,8,10-11,13-14,16-17,21-22,25,27,30H,5-7,9,12,15,18-20H2,1-3H3,(H,35,37). The van der Waals surface area contributed by atoms with Crippen molar-refractivity contribution in [2.45, 2.75) is 69.1 Å². The predicted octanol–water partition coefficient (Wildman–Crippen LogP) is 5.90. The van der Waals surface area contributed by atoms with Crippen molar-refractivity contribution in [2.24, 2.45) is 17.8 Å². The lowest BCUT2D eigenvalue weighted by molar-refractivity contribution is 0.0131. The number of benzene rings is 2. The molecule has 9 heteroatoms. The van der Waals surface area contributed by atoms with E-state index >= 15 is 0 Å². The number of hydrogen-bond acceptors (Lipinski definition) is 6. The monoisotopic (exact) mass is 612 g/mol. The molecule has 6 unspecified atom stereocenters. The molecule has 2 aliphatic heterocycles. The summed E-state index contributed by atoms with van der Waals surface area (Å²) in [6.45, 7) is 5.63. The Hall–Kier alpha value is -2.55. The first-order chi connectivity index (χ1) is 20.1. The number of rotatable bonds is 1. The zero-order valence-electron chi connectivity index (χ0n) is 24.6. The van der Waals surface area contributed by atoms with Crippen LogP contribution < -0.4 is 14.4 Å². The molecule has 226 valence electrons. The minimum Gasteiger partial charge on any atom is -0.490 e. The molecule has 1 N–H and O–H groups in total. The molecule has 4 aliphatic rings. The highest BCUT2D eigenvalue weighted by Gasteiger charge is 2.44. The number of halogens is 1. The van der Waals surface area contributed by atoms with Gasteiger partial charge in [-0.3, -0.25) is 4.79 Å². The van der Waals surface area contributed by atoms with E-state index in [9.17, 15) is 13.2 Å². The molecule has 0 aromatic heterocycles. The van der Waals surface area contributed by atoms with Crippen molar-refractivity contribution in [3.63, 3.8) is 0 Å². The number of anilines is 1. The van der Waals surface area contributed by atoms with Crippen LogP contribution in [0.15, 0.2) is 48.6 Å². The number of allylic oxidation sites excluding steroid dienone is 1. The summed E-state index contributed by atoms with van der Waals surface area (Å²) in [5.74, 6) is 0.710. The van der Waals surface area contributed by atoms with Crippen LogP contribution in [-0.2, 0) is 26.6 Å². The van der Waals surface area contributed by atoms with Gasteiger partial charge in [-0.2, -0.15) is 0 Å². The largest absolute Gasteiger partial charge is 0.490 e. The van der Waals surface area contributed by atoms with Gasteiger partial charge in [0.25, 0.3) is 5.91 Å². The Kier molecular flexibility index (Phi) is 8.09. The first kappa shape index (κ1) is 29.5. The van der Waals surface area contributed by atoms with Crippen LogP contribution in [0.4, 0.5) is 5.69 Å². The minimum absolute atomic E-state index is 0.0315. The minimum atomic E-state index is -3.88. The fourth-order valence-electron chi connectivity index (χ4n) is 7.39. The number of fused-ring (bicyclic) bond motifs is 4. The van der Waals surface area contributed by atoms with E-state index in [1.807, 2.05) is 31.2 Å². The number of amides is 1. The van der Waals surface area contributed by atoms with Gasteiger partial charge in [-0.15, -0.1) is 0 Å². The highest BCUT2D eigenvalue weighted by atomic mass is 35.5. The van der Waals surface area contributed by atoms with Crippen LogP contribution in [0.3, 0.4) is 0 Å². The number of methoxy groups -OCH3 is 1. The van der Waals surface area contributed by atoms with Crippen molar-refractivity contribution in [3.8, 4) is 5.75 Å². The maximum absolute atomic E-state index is 13.4. The summed E-state index contributed by atoms with van der Waals surface area (Å²) in [4.78, 5) is 15.7. The number of aryl methyl sites for hydroxylation is 1. The third-order valence-electron chi connectivity index (χ3n) is 10.3. The molecule has 6 rings (SSSR count). The maximum atomic E-state index is 13.4. The molecule has 0 saturated heterocycles. The first-order valence-corrected chi connectivity index (χ1v) is 17.1. The van der Waals surface area contributed by atoms with Gasteiger partial charge in [0.1, 0.15) is 5.75 Å². The van der Waals surface area contributed by atoms with Gasteiger partial charge in [0.15, 0.2) is 0 Å². The summed E-state index contributed by atoms with van der Waals surface area (Å²) in [5.41, 5.74) is 3.48. The Bertz CT molecular complexity index is 1490. The number of carbonyl (C=O) groups is 1. The molecule has 1 amide bonds. The van der Waals surface area contributed by atoms with E-state index in [0.29, 0.717) is 30.4 Å². The summed E-state index contributed by atoms with van der Waals surface area (Å²) >= 11 is 6.40. The molecule has 42 heavy (non-hydrogen) atoms. The maximum Gasteiger partial charge on any atom is 0.264 e. The second-order valence-corrected chi connectivity index (χ2v) is 15.3. The van der Waals surface area contributed by atoms with Gasteiger partial charge in [0, 0.05) is 36.2 Å². The van der Waals surface area contributed by atoms with Gasteiger partial charge >= 0.3 is 0 Å². The Morgan fingerprint density at radius 3 is 2.74 bits per heavy atom. The van der Waals surface area contributed by atoms with Gasteiger partial charge in [-0.1, -0.05) is 36.7 Å². The summed E-state index contributed by atoms with van der Waals surface area (Å²) < 4.78 is 41.3. The molecule has 2 aromatic carbocycles. The van der Waals surface area contributed by atoms with Gasteiger partial charge < -0.3 is 14.4 Å². The third kappa shape index (κ3) is 5.46. The van der Waals surface area contributed by atoms with Crippen molar-refractivity contribution < 1.29 is 22.7 Å². The average molecular weight is 613 g/mol. The van der Waals surface area contributed by atoms with E-state index in [2.05, 4.69) is 27.8 Å². The lowest BCUT2D eigenvalue weighted by atomic mass is 9.68. The van der Waals surface area contributed by atoms with Gasteiger partial charge in [-0.05, 0) is 105 Å². The zero-order chi connectivity index (χ0) is 29.6. The van der Waals surface area contributed by atoms with Crippen molar-refractivity contribution in [2.75, 3.05) is 31.7 Å². The van der Waals surface area contributed by atoms with E-state index in [1.54, 1.807) is 20.1 Å². The van der Waals surface area contributed by atoms with E-state index in [-0.39, 0.29) is 17.4 Å². The van der Waals surface area contributed by atoms with E-state index < -0.39 is 21.2 Å². The molecule has 1 fully saturated rings. The second kappa shape index (κ2) is 11.5. The summed E-state index contributed by atoms with van der Waals surface area (Å²) in [6.07, 6.45) is 9.93. The fraction of sp³-hybridized carbons (Fsp3) is 0.545. The number of ether oxygens (including phenoxy) is 2. The van der Waals surface area contributed by atoms with Crippen LogP contribution in [0.25, 0.3) is 0 Å². The number of nitrogens with one attached hydrogen (secondary N) is 1. The van der Waals surface area contributed by atoms with Gasteiger partial charge in [0.05, 0.1) is 23.6 Å². The number of sulfonamides is 1. The fourth-order valence-corrected chi connectivity index (χ4v) is 8.87. The van der Waals surface area contributed by atoms with Crippen LogP contribution in [0.5, 0.6) is 5.75 Å². The Morgan fingerprint density at radius 1 is 1.14 bits per heavy atom. The predicted molar refractivity (Wildman–Crippen MR) is 166 cm³/mol. The highest BCUT2D eigenvalue weighted by Crippen LogP contribution is 2.47. The summed E-state index contributed by atoms with van der Waals surface area (Å²) in [6, 6.07) is 11.5. The molecule has 6 atom stereocenters. The molecule has 2 heterocycles. The number of carbonyl (C=O) groups excluding carboxylic acids is 1. The SMILES string of the molecule is COC1C=CCC(C)C(C)S(=O)(=O)NC(=O)c2ccc3c(c2)N(CC2CCC21)CC1(CCCc2cc(Cl)ccc21)CO3. The van der Waals surface area contributed by atoms with Crippen molar-refractivity contribution >= 4 is 33.2 Å². The Labute approximate surface area is 254 Å². The first-order valence-electron chi connectivity index (χ1n) is 15.2. The molecule has 1 saturated carbocycles. The van der Waals surface area contributed by atoms with Crippen LogP contribution >= 0.6 is 11.6 Å². The number of nitrogens with zero attached hydrogens (tertiary/aromatic N) is 1. The normalized spacial score (nSPS) is 32.5. The van der Waals surface area contributed by atoms with Crippen molar-refractivity contribution in [1.29, 1.82) is 0 Å². The van der Waals surface area contributed by atoms with E-state index in [4.69, 9.17) is 21.1 Å². The average Bonchev–Trinajstić information content (AvgIpc) is 3.10. The quantitative estimate of drug-likeness (QED) is 0.404. The van der Waals surface area contributed by atoms with Gasteiger partial charge in [0.2, 0.25) is 10.0 Å². The van der Waals surface area contributed by atoms with Crippen LogP contribution in [0.1, 0.15) is 67.4 Å². The molecular formula is C33H41ClN2O5S. The smallest absolute Gasteiger partial charge is 0.264 e. The summed E-state index contributed by atoms with van der Waals surface area (Å²) in [7, 11) is -2.13. The molecule has 7 nitrogen and oxygen atoms in total. The molecule has 2 aromatic rings. The zero-order valence-corrected chi connectivity index (χ0v) is 26.2. The molecule has 2 aliphatic carbocycles. The summed E-state index contributed by atoms with van der Waals surface area (Å²) in [5, 5.41) is 0.00998. The second-order valence-electron chi connectivity index (χ2n) is 12.8. The molecule has 2 bridgehead atoms. The van der Waals surface area contributed by atoms with E-state index in [0.717, 1.165) is 61.7 Å². The Balaban J connectivity index is 1.43. The lowest BCUT2D eigenvalue weighted by Crippen LogP contribution is -2.49. The van der Waals surface area contributed by atoms with Gasteiger partial charge in [-0.25, -0.2) is 13.1 Å². The third-order valence-corrected chi connectivity index (χ3v) is 12.4. The highest BCUT2D eigenvalue weighted by molar-refractivity contribution is 7.90. The topological polar surface area (TPSA) is 84.9 Å². The number of hydrogen-bond donors (Lipinski definition) is 1.